The van der Waals surface area contributed by atoms with E-state index in [9.17, 15) is 4.79 Å². The molecule has 8 heteroatoms. The van der Waals surface area contributed by atoms with Crippen LogP contribution in [0.1, 0.15) is 10.4 Å². The van der Waals surface area contributed by atoms with Crippen molar-refractivity contribution < 1.29 is 4.79 Å². The molecule has 0 unspecified atom stereocenters. The van der Waals surface area contributed by atoms with Gasteiger partial charge >= 0.3 is 0 Å². The molecule has 3 rings (SSSR count). The molecule has 5 nitrogen and oxygen atoms in total. The zero-order valence-electron chi connectivity index (χ0n) is 11.5. The molecule has 0 bridgehead atoms. The number of anilines is 1. The van der Waals surface area contributed by atoms with Gasteiger partial charge in [0.25, 0.3) is 5.91 Å². The maximum atomic E-state index is 12.2. The molecule has 0 saturated heterocycles. The van der Waals surface area contributed by atoms with Crippen molar-refractivity contribution >= 4 is 46.4 Å². The van der Waals surface area contributed by atoms with Crippen LogP contribution < -0.4 is 5.32 Å². The average Bonchev–Trinajstić information content (AvgIpc) is 3.00. The normalized spacial score (nSPS) is 10.6. The first-order chi connectivity index (χ1) is 11.0. The lowest BCUT2D eigenvalue weighted by Gasteiger charge is -2.09. The van der Waals surface area contributed by atoms with E-state index in [1.807, 2.05) is 0 Å². The Balaban J connectivity index is 1.83. The van der Waals surface area contributed by atoms with Crippen LogP contribution in [0.3, 0.4) is 0 Å². The van der Waals surface area contributed by atoms with Crippen molar-refractivity contribution in [3.63, 3.8) is 0 Å². The summed E-state index contributed by atoms with van der Waals surface area (Å²) in [5, 5.41) is 3.51. The topological polar surface area (TPSA) is 59.8 Å². The summed E-state index contributed by atoms with van der Waals surface area (Å²) in [7, 11) is 0. The van der Waals surface area contributed by atoms with Crippen LogP contribution in [0, 0.1) is 0 Å². The lowest BCUT2D eigenvalue weighted by Crippen LogP contribution is -2.12. The van der Waals surface area contributed by atoms with Crippen LogP contribution in [0.25, 0.3) is 5.69 Å². The zero-order chi connectivity index (χ0) is 16.4. The van der Waals surface area contributed by atoms with Gasteiger partial charge in [-0.1, -0.05) is 34.8 Å². The number of benzene rings is 1. The maximum Gasteiger partial charge on any atom is 0.255 e. The smallest absolute Gasteiger partial charge is 0.255 e. The molecule has 0 aliphatic carbocycles. The molecule has 23 heavy (non-hydrogen) atoms. The molecular weight excluding hydrogens is 359 g/mol. The predicted molar refractivity (Wildman–Crippen MR) is 90.8 cm³/mol. The first-order valence-electron chi connectivity index (χ1n) is 6.45. The van der Waals surface area contributed by atoms with Crippen LogP contribution in [-0.2, 0) is 0 Å². The number of hydrogen-bond acceptors (Lipinski definition) is 3. The van der Waals surface area contributed by atoms with Crippen LogP contribution in [0.15, 0.2) is 49.1 Å². The Morgan fingerprint density at radius 3 is 2.43 bits per heavy atom. The number of nitrogens with zero attached hydrogens (tertiary/aromatic N) is 3. The molecular formula is C15H9Cl3N4O. The SMILES string of the molecule is O=C(Nc1ccc(-n2ccnc2)c(Cl)c1)c1cc(Cl)nc(Cl)c1. The van der Waals surface area contributed by atoms with E-state index in [2.05, 4.69) is 15.3 Å². The van der Waals surface area contributed by atoms with Gasteiger partial charge in [-0.25, -0.2) is 9.97 Å². The number of carbonyl (C=O) groups excluding carboxylic acids is 1. The highest BCUT2D eigenvalue weighted by atomic mass is 35.5. The first-order valence-corrected chi connectivity index (χ1v) is 7.58. The lowest BCUT2D eigenvalue weighted by atomic mass is 10.2. The Labute approximate surface area is 146 Å². The van der Waals surface area contributed by atoms with Crippen molar-refractivity contribution in [3.05, 3.63) is 69.9 Å². The summed E-state index contributed by atoms with van der Waals surface area (Å²) in [5.74, 6) is -0.359. The highest BCUT2D eigenvalue weighted by molar-refractivity contribution is 6.33. The van der Waals surface area contributed by atoms with Crippen LogP contribution in [0.5, 0.6) is 0 Å². The highest BCUT2D eigenvalue weighted by Crippen LogP contribution is 2.25. The molecule has 1 amide bonds. The molecule has 3 aromatic rings. The van der Waals surface area contributed by atoms with Crippen molar-refractivity contribution in [2.75, 3.05) is 5.32 Å². The van der Waals surface area contributed by atoms with Crippen LogP contribution in [0.2, 0.25) is 15.3 Å². The molecule has 0 fully saturated rings. The van der Waals surface area contributed by atoms with Gasteiger partial charge in [-0.3, -0.25) is 4.79 Å². The largest absolute Gasteiger partial charge is 0.322 e. The van der Waals surface area contributed by atoms with Gasteiger partial charge in [0.05, 0.1) is 17.0 Å². The van der Waals surface area contributed by atoms with E-state index in [1.54, 1.807) is 41.5 Å². The summed E-state index contributed by atoms with van der Waals surface area (Å²) in [6, 6.07) is 8.04. The van der Waals surface area contributed by atoms with Gasteiger partial charge < -0.3 is 9.88 Å². The van der Waals surface area contributed by atoms with Gasteiger partial charge in [-0.05, 0) is 30.3 Å². The summed E-state index contributed by atoms with van der Waals surface area (Å²) in [5.41, 5.74) is 1.62. The van der Waals surface area contributed by atoms with E-state index in [0.717, 1.165) is 5.69 Å². The molecule has 0 atom stereocenters. The Bertz CT molecular complexity index is 845. The second kappa shape index (κ2) is 6.58. The number of amides is 1. The average molecular weight is 368 g/mol. The van der Waals surface area contributed by atoms with E-state index in [0.29, 0.717) is 16.3 Å². The predicted octanol–water partition coefficient (Wildman–Crippen LogP) is 4.48. The second-order valence-electron chi connectivity index (χ2n) is 4.59. The lowest BCUT2D eigenvalue weighted by molar-refractivity contribution is 0.102. The van der Waals surface area contributed by atoms with Crippen LogP contribution in [0.4, 0.5) is 5.69 Å². The molecule has 1 N–H and O–H groups in total. The Morgan fingerprint density at radius 2 is 1.83 bits per heavy atom. The third-order valence-corrected chi connectivity index (χ3v) is 3.70. The van der Waals surface area contributed by atoms with Crippen molar-refractivity contribution in [1.82, 2.24) is 14.5 Å². The van der Waals surface area contributed by atoms with Gasteiger partial charge in [0.15, 0.2) is 0 Å². The van der Waals surface area contributed by atoms with E-state index < -0.39 is 0 Å². The van der Waals surface area contributed by atoms with Crippen LogP contribution in [-0.4, -0.2) is 20.4 Å². The summed E-state index contributed by atoms with van der Waals surface area (Å²) < 4.78 is 1.77. The molecule has 2 aromatic heterocycles. The molecule has 2 heterocycles. The van der Waals surface area contributed by atoms with E-state index in [-0.39, 0.29) is 16.2 Å². The number of imidazole rings is 1. The fraction of sp³-hybridized carbons (Fsp3) is 0. The van der Waals surface area contributed by atoms with Gasteiger partial charge in [-0.15, -0.1) is 0 Å². The van der Waals surface area contributed by atoms with E-state index >= 15 is 0 Å². The van der Waals surface area contributed by atoms with Crippen molar-refractivity contribution in [2.24, 2.45) is 0 Å². The fourth-order valence-electron chi connectivity index (χ4n) is 1.99. The maximum absolute atomic E-state index is 12.2. The van der Waals surface area contributed by atoms with Crippen molar-refractivity contribution in [2.45, 2.75) is 0 Å². The monoisotopic (exact) mass is 366 g/mol. The minimum absolute atomic E-state index is 0.149. The molecule has 0 aliphatic heterocycles. The molecule has 0 saturated carbocycles. The minimum atomic E-state index is -0.359. The van der Waals surface area contributed by atoms with Gasteiger partial charge in [0.2, 0.25) is 0 Å². The second-order valence-corrected chi connectivity index (χ2v) is 5.77. The number of nitrogens with one attached hydrogen (secondary N) is 1. The molecule has 0 aliphatic rings. The number of pyridine rings is 1. The van der Waals surface area contributed by atoms with Gasteiger partial charge in [-0.2, -0.15) is 0 Å². The molecule has 116 valence electrons. The Kier molecular flexibility index (Phi) is 4.52. The third-order valence-electron chi connectivity index (χ3n) is 3.01. The summed E-state index contributed by atoms with van der Waals surface area (Å²) >= 11 is 17.8. The van der Waals surface area contributed by atoms with E-state index in [4.69, 9.17) is 34.8 Å². The zero-order valence-corrected chi connectivity index (χ0v) is 13.8. The van der Waals surface area contributed by atoms with Crippen LogP contribution >= 0.6 is 34.8 Å². The quantitative estimate of drug-likeness (QED) is 0.694. The van der Waals surface area contributed by atoms with E-state index in [1.165, 1.54) is 12.1 Å². The van der Waals surface area contributed by atoms with Gasteiger partial charge in [0.1, 0.15) is 10.3 Å². The highest BCUT2D eigenvalue weighted by Gasteiger charge is 2.11. The summed E-state index contributed by atoms with van der Waals surface area (Å²) in [6.45, 7) is 0. The Hall–Kier alpha value is -2.08. The molecule has 1 aromatic carbocycles. The van der Waals surface area contributed by atoms with Crippen molar-refractivity contribution in [1.29, 1.82) is 0 Å². The Morgan fingerprint density at radius 1 is 1.09 bits per heavy atom. The molecule has 0 spiro atoms. The first kappa shape index (κ1) is 15.8. The number of hydrogen-bond donors (Lipinski definition) is 1. The minimum Gasteiger partial charge on any atom is -0.322 e. The standard InChI is InChI=1S/C15H9Cl3N4O/c16-11-7-10(1-2-12(11)22-4-3-19-8-22)20-15(23)9-5-13(17)21-14(18)6-9/h1-8H,(H,20,23). The number of rotatable bonds is 3. The summed E-state index contributed by atoms with van der Waals surface area (Å²) in [4.78, 5) is 20.0. The number of aromatic nitrogens is 3. The fourth-order valence-corrected chi connectivity index (χ4v) is 2.73. The third kappa shape index (κ3) is 3.64. The van der Waals surface area contributed by atoms with Gasteiger partial charge in [0, 0.05) is 23.6 Å². The number of carbonyl (C=O) groups is 1. The molecule has 0 radical (unpaired) electrons. The van der Waals surface area contributed by atoms with Crippen molar-refractivity contribution in [3.8, 4) is 5.69 Å². The number of halogens is 3. The summed E-state index contributed by atoms with van der Waals surface area (Å²) in [6.07, 6.45) is 5.07.